The molecule has 8 heteroatoms. The van der Waals surface area contributed by atoms with E-state index in [0.717, 1.165) is 31.0 Å². The van der Waals surface area contributed by atoms with Crippen molar-refractivity contribution in [3.8, 4) is 0 Å². The molecule has 1 aliphatic rings. The Balaban J connectivity index is 1.60. The molecule has 1 fully saturated rings. The highest BCUT2D eigenvalue weighted by Crippen LogP contribution is 2.36. The van der Waals surface area contributed by atoms with Crippen LogP contribution in [0.4, 0.5) is 5.82 Å². The van der Waals surface area contributed by atoms with E-state index in [2.05, 4.69) is 30.0 Å². The lowest BCUT2D eigenvalue weighted by Crippen LogP contribution is -2.44. The van der Waals surface area contributed by atoms with Crippen LogP contribution in [0.5, 0.6) is 0 Å². The minimum atomic E-state index is -0.0727. The molecule has 2 aromatic rings. The number of nitrogens with zero attached hydrogens (tertiary/aromatic N) is 6. The lowest BCUT2D eigenvalue weighted by Gasteiger charge is -2.35. The topological polar surface area (TPSA) is 79.2 Å². The van der Waals surface area contributed by atoms with Crippen molar-refractivity contribution in [2.75, 3.05) is 33.1 Å². The summed E-state index contributed by atoms with van der Waals surface area (Å²) in [5, 5.41) is 11.8. The smallest absolute Gasteiger partial charge is 0.255 e. The van der Waals surface area contributed by atoms with Gasteiger partial charge in [-0.2, -0.15) is 0 Å². The monoisotopic (exact) mass is 357 g/mol. The van der Waals surface area contributed by atoms with E-state index in [1.807, 2.05) is 46.2 Å². The van der Waals surface area contributed by atoms with Crippen molar-refractivity contribution in [2.24, 2.45) is 7.05 Å². The van der Waals surface area contributed by atoms with Crippen molar-refractivity contribution < 1.29 is 4.79 Å². The summed E-state index contributed by atoms with van der Waals surface area (Å²) in [5.41, 5.74) is 0.605. The molecule has 26 heavy (non-hydrogen) atoms. The summed E-state index contributed by atoms with van der Waals surface area (Å²) in [6.07, 6.45) is 3.47. The van der Waals surface area contributed by atoms with E-state index in [4.69, 9.17) is 0 Å². The van der Waals surface area contributed by atoms with Crippen molar-refractivity contribution >= 4 is 11.7 Å². The molecule has 1 N–H and O–H groups in total. The molecule has 140 valence electrons. The van der Waals surface area contributed by atoms with Crippen LogP contribution in [0.25, 0.3) is 0 Å². The number of nitrogens with one attached hydrogen (secondary N) is 1. The zero-order chi connectivity index (χ0) is 18.8. The molecule has 0 unspecified atom stereocenters. The van der Waals surface area contributed by atoms with Crippen LogP contribution >= 0.6 is 0 Å². The van der Waals surface area contributed by atoms with Gasteiger partial charge in [0.25, 0.3) is 5.91 Å². The molecule has 2 heterocycles. The molecule has 0 radical (unpaired) electrons. The van der Waals surface area contributed by atoms with E-state index in [1.54, 1.807) is 12.3 Å². The van der Waals surface area contributed by atoms with Gasteiger partial charge in [-0.1, -0.05) is 0 Å². The number of amides is 1. The zero-order valence-electron chi connectivity index (χ0n) is 16.1. The van der Waals surface area contributed by atoms with Crippen LogP contribution in [-0.2, 0) is 13.6 Å². The summed E-state index contributed by atoms with van der Waals surface area (Å²) in [4.78, 5) is 20.8. The van der Waals surface area contributed by atoms with Crippen LogP contribution in [-0.4, -0.2) is 64.8 Å². The van der Waals surface area contributed by atoms with Crippen LogP contribution < -0.4 is 10.2 Å². The Morgan fingerprint density at radius 2 is 2.00 bits per heavy atom. The Kier molecular flexibility index (Phi) is 5.22. The van der Waals surface area contributed by atoms with Crippen molar-refractivity contribution in [1.29, 1.82) is 0 Å². The Labute approximate surface area is 154 Å². The number of rotatable bonds is 6. The molecule has 0 spiro atoms. The van der Waals surface area contributed by atoms with Gasteiger partial charge in [0, 0.05) is 39.3 Å². The second-order valence-corrected chi connectivity index (χ2v) is 7.38. The van der Waals surface area contributed by atoms with Gasteiger partial charge in [0.15, 0.2) is 0 Å². The molecule has 3 rings (SSSR count). The highest BCUT2D eigenvalue weighted by atomic mass is 16.1. The summed E-state index contributed by atoms with van der Waals surface area (Å²) < 4.78 is 2.08. The normalized spacial score (nSPS) is 19.3. The van der Waals surface area contributed by atoms with E-state index in [0.29, 0.717) is 17.3 Å². The van der Waals surface area contributed by atoms with Gasteiger partial charge in [-0.05, 0) is 39.1 Å². The van der Waals surface area contributed by atoms with Gasteiger partial charge < -0.3 is 19.7 Å². The van der Waals surface area contributed by atoms with Crippen LogP contribution in [0, 0.1) is 0 Å². The SMILES string of the molecule is CN(C)Cc1nnc(C2CC(NC(=O)c3cccnc3N(C)C)C2)n1C. The third-order valence-electron chi connectivity index (χ3n) is 4.75. The summed E-state index contributed by atoms with van der Waals surface area (Å²) >= 11 is 0. The number of pyridine rings is 1. The van der Waals surface area contributed by atoms with Gasteiger partial charge in [-0.3, -0.25) is 4.79 Å². The minimum Gasteiger partial charge on any atom is -0.362 e. The highest BCUT2D eigenvalue weighted by molar-refractivity contribution is 5.99. The molecule has 0 atom stereocenters. The molecule has 0 aliphatic heterocycles. The van der Waals surface area contributed by atoms with E-state index in [1.165, 1.54) is 0 Å². The van der Waals surface area contributed by atoms with Crippen molar-refractivity contribution in [3.05, 3.63) is 35.5 Å². The molecule has 2 aromatic heterocycles. The second kappa shape index (κ2) is 7.41. The van der Waals surface area contributed by atoms with E-state index in [9.17, 15) is 4.79 Å². The van der Waals surface area contributed by atoms with Gasteiger partial charge in [0.05, 0.1) is 12.1 Å². The molecule has 1 amide bonds. The van der Waals surface area contributed by atoms with E-state index < -0.39 is 0 Å². The van der Waals surface area contributed by atoms with Crippen molar-refractivity contribution in [1.82, 2.24) is 30.0 Å². The molecule has 8 nitrogen and oxygen atoms in total. The predicted molar refractivity (Wildman–Crippen MR) is 100 cm³/mol. The number of anilines is 1. The van der Waals surface area contributed by atoms with E-state index >= 15 is 0 Å². The molecule has 0 saturated heterocycles. The Hall–Kier alpha value is -2.48. The number of aromatic nitrogens is 4. The number of hydrogen-bond acceptors (Lipinski definition) is 6. The predicted octanol–water partition coefficient (Wildman–Crippen LogP) is 1.01. The van der Waals surface area contributed by atoms with Crippen LogP contribution in [0.2, 0.25) is 0 Å². The number of hydrogen-bond donors (Lipinski definition) is 1. The average Bonchev–Trinajstić information content (AvgIpc) is 2.90. The standard InChI is InChI=1S/C18H27N7O/c1-23(2)11-15-21-22-16(25(15)5)12-9-13(10-12)20-18(26)14-7-6-8-19-17(14)24(3)4/h6-8,12-13H,9-11H2,1-5H3,(H,20,26). The fourth-order valence-electron chi connectivity index (χ4n) is 3.29. The van der Waals surface area contributed by atoms with Gasteiger partial charge in [-0.15, -0.1) is 10.2 Å². The molecule has 0 bridgehead atoms. The Morgan fingerprint density at radius 3 is 2.65 bits per heavy atom. The first-order valence-electron chi connectivity index (χ1n) is 8.83. The van der Waals surface area contributed by atoms with Crippen LogP contribution in [0.3, 0.4) is 0 Å². The Bertz CT molecular complexity index is 778. The third-order valence-corrected chi connectivity index (χ3v) is 4.75. The van der Waals surface area contributed by atoms with Crippen LogP contribution in [0.1, 0.15) is 40.8 Å². The maximum atomic E-state index is 12.6. The average molecular weight is 357 g/mol. The first-order valence-corrected chi connectivity index (χ1v) is 8.83. The van der Waals surface area contributed by atoms with Crippen LogP contribution in [0.15, 0.2) is 18.3 Å². The van der Waals surface area contributed by atoms with Gasteiger partial charge in [0.1, 0.15) is 17.5 Å². The summed E-state index contributed by atoms with van der Waals surface area (Å²) in [7, 11) is 9.82. The zero-order valence-corrected chi connectivity index (χ0v) is 16.1. The van der Waals surface area contributed by atoms with Gasteiger partial charge >= 0.3 is 0 Å². The quantitative estimate of drug-likeness (QED) is 0.831. The minimum absolute atomic E-state index is 0.0727. The molecule has 1 aliphatic carbocycles. The summed E-state index contributed by atoms with van der Waals surface area (Å²) in [6.45, 7) is 0.769. The van der Waals surface area contributed by atoms with Crippen molar-refractivity contribution in [3.63, 3.8) is 0 Å². The number of carbonyl (C=O) groups is 1. The first-order chi connectivity index (χ1) is 12.4. The third kappa shape index (κ3) is 3.70. The van der Waals surface area contributed by atoms with Gasteiger partial charge in [0.2, 0.25) is 0 Å². The van der Waals surface area contributed by atoms with Crippen molar-refractivity contribution in [2.45, 2.75) is 31.3 Å². The summed E-state index contributed by atoms with van der Waals surface area (Å²) in [5.74, 6) is 2.92. The first kappa shape index (κ1) is 18.3. The lowest BCUT2D eigenvalue weighted by molar-refractivity contribution is 0.0907. The lowest BCUT2D eigenvalue weighted by atomic mass is 9.79. The fourth-order valence-corrected chi connectivity index (χ4v) is 3.29. The summed E-state index contributed by atoms with van der Waals surface area (Å²) in [6, 6.07) is 3.76. The Morgan fingerprint density at radius 1 is 1.27 bits per heavy atom. The maximum Gasteiger partial charge on any atom is 0.255 e. The second-order valence-electron chi connectivity index (χ2n) is 7.38. The largest absolute Gasteiger partial charge is 0.362 e. The molecular formula is C18H27N7O. The molecular weight excluding hydrogens is 330 g/mol. The molecule has 1 saturated carbocycles. The fraction of sp³-hybridized carbons (Fsp3) is 0.556. The number of carbonyl (C=O) groups excluding carboxylic acids is 1. The van der Waals surface area contributed by atoms with Gasteiger partial charge in [-0.25, -0.2) is 4.98 Å². The maximum absolute atomic E-state index is 12.6. The highest BCUT2D eigenvalue weighted by Gasteiger charge is 2.35. The molecule has 0 aromatic carbocycles. The van der Waals surface area contributed by atoms with E-state index in [-0.39, 0.29) is 11.9 Å².